The van der Waals surface area contributed by atoms with E-state index in [1.165, 1.54) is 22.1 Å². The fraction of sp³-hybridized carbons (Fsp3) is 0.417. The van der Waals surface area contributed by atoms with Gasteiger partial charge in [-0.05, 0) is 55.7 Å². The van der Waals surface area contributed by atoms with Crippen molar-refractivity contribution in [2.45, 2.75) is 44.2 Å². The Hall–Kier alpha value is -3.42. The van der Waals surface area contributed by atoms with Gasteiger partial charge in [-0.1, -0.05) is 24.3 Å². The number of carbonyl (C=O) groups is 3. The van der Waals surface area contributed by atoms with Crippen LogP contribution in [0.2, 0.25) is 0 Å². The first-order valence-corrected chi connectivity index (χ1v) is 11.1. The predicted molar refractivity (Wildman–Crippen MR) is 118 cm³/mol. The van der Waals surface area contributed by atoms with E-state index in [1.807, 2.05) is 19.1 Å². The van der Waals surface area contributed by atoms with Crippen molar-refractivity contribution in [1.82, 2.24) is 25.1 Å². The first-order chi connectivity index (χ1) is 15.5. The summed E-state index contributed by atoms with van der Waals surface area (Å²) in [5.74, 6) is -0.201. The Morgan fingerprint density at radius 2 is 1.84 bits per heavy atom. The van der Waals surface area contributed by atoms with Gasteiger partial charge in [0.25, 0.3) is 5.91 Å². The Bertz CT molecular complexity index is 1050. The molecule has 1 aromatic carbocycles. The Labute approximate surface area is 186 Å². The van der Waals surface area contributed by atoms with Gasteiger partial charge in [-0.15, -0.1) is 0 Å². The summed E-state index contributed by atoms with van der Waals surface area (Å²) in [6.45, 7) is 2.96. The Morgan fingerprint density at radius 3 is 2.47 bits per heavy atom. The van der Waals surface area contributed by atoms with E-state index in [0.717, 1.165) is 5.69 Å². The molecule has 2 fully saturated rings. The first kappa shape index (κ1) is 20.5. The monoisotopic (exact) mass is 433 g/mol. The third-order valence-corrected chi connectivity index (χ3v) is 7.19. The second-order valence-corrected chi connectivity index (χ2v) is 9.08. The minimum atomic E-state index is -0.924. The molecule has 1 unspecified atom stereocenters. The van der Waals surface area contributed by atoms with Gasteiger partial charge >= 0.3 is 6.03 Å². The highest BCUT2D eigenvalue weighted by atomic mass is 16.2. The molecule has 8 heteroatoms. The largest absolute Gasteiger partial charge is 0.345 e. The lowest BCUT2D eigenvalue weighted by Gasteiger charge is -2.38. The molecule has 0 bridgehead atoms. The van der Waals surface area contributed by atoms with Crippen LogP contribution in [-0.4, -0.2) is 62.3 Å². The van der Waals surface area contributed by atoms with E-state index in [-0.39, 0.29) is 29.8 Å². The zero-order valence-corrected chi connectivity index (χ0v) is 18.1. The molecule has 0 radical (unpaired) electrons. The van der Waals surface area contributed by atoms with Crippen molar-refractivity contribution >= 4 is 23.9 Å². The maximum atomic E-state index is 13.5. The molecule has 1 atom stereocenters. The molecule has 8 nitrogen and oxygen atoms in total. The fourth-order valence-corrected chi connectivity index (χ4v) is 5.31. The fourth-order valence-electron chi connectivity index (χ4n) is 5.31. The number of nitrogens with zero attached hydrogens (tertiary/aromatic N) is 3. The first-order valence-electron chi connectivity index (χ1n) is 11.1. The zero-order valence-electron chi connectivity index (χ0n) is 18.1. The molecule has 1 aliphatic carbocycles. The van der Waals surface area contributed by atoms with Crippen LogP contribution >= 0.6 is 0 Å². The van der Waals surface area contributed by atoms with Crippen molar-refractivity contribution < 1.29 is 14.4 Å². The summed E-state index contributed by atoms with van der Waals surface area (Å²) < 4.78 is 0. The van der Waals surface area contributed by atoms with Crippen molar-refractivity contribution in [2.75, 3.05) is 13.1 Å². The number of rotatable bonds is 4. The molecule has 3 heterocycles. The molecule has 2 N–H and O–H groups in total. The molecule has 2 aliphatic heterocycles. The van der Waals surface area contributed by atoms with E-state index in [4.69, 9.17) is 0 Å². The smallest absolute Gasteiger partial charge is 0.325 e. The van der Waals surface area contributed by atoms with Gasteiger partial charge in [0.05, 0.1) is 18.2 Å². The van der Waals surface area contributed by atoms with Crippen LogP contribution in [0.5, 0.6) is 0 Å². The third kappa shape index (κ3) is 3.49. The molecule has 166 valence electrons. The summed E-state index contributed by atoms with van der Waals surface area (Å²) in [6.07, 6.45) is 9.23. The van der Waals surface area contributed by atoms with Crippen molar-refractivity contribution in [2.24, 2.45) is 5.92 Å². The number of fused-ring (bicyclic) bond motifs is 1. The highest BCUT2D eigenvalue weighted by molar-refractivity contribution is 6.07. The number of amides is 4. The number of piperidine rings is 1. The minimum absolute atomic E-state index is 0.00614. The van der Waals surface area contributed by atoms with Crippen LogP contribution in [0, 0.1) is 5.92 Å². The maximum absolute atomic E-state index is 13.5. The number of urea groups is 1. The van der Waals surface area contributed by atoms with E-state index < -0.39 is 5.54 Å². The van der Waals surface area contributed by atoms with E-state index in [0.29, 0.717) is 38.8 Å². The zero-order chi connectivity index (χ0) is 22.3. The van der Waals surface area contributed by atoms with E-state index in [9.17, 15) is 14.4 Å². The number of aromatic amines is 1. The third-order valence-electron chi connectivity index (χ3n) is 7.19. The van der Waals surface area contributed by atoms with Crippen molar-refractivity contribution in [1.29, 1.82) is 0 Å². The number of imide groups is 1. The van der Waals surface area contributed by atoms with E-state index in [1.54, 1.807) is 23.5 Å². The number of aromatic nitrogens is 2. The van der Waals surface area contributed by atoms with Gasteiger partial charge in [0.2, 0.25) is 5.91 Å². The van der Waals surface area contributed by atoms with Crippen LogP contribution in [0.25, 0.3) is 6.08 Å². The molecule has 2 aromatic rings. The average Bonchev–Trinajstić information content (AvgIpc) is 3.51. The van der Waals surface area contributed by atoms with Gasteiger partial charge in [0.1, 0.15) is 5.54 Å². The summed E-state index contributed by atoms with van der Waals surface area (Å²) in [5.41, 5.74) is 2.27. The van der Waals surface area contributed by atoms with Crippen LogP contribution in [0.1, 0.15) is 36.6 Å². The average molecular weight is 434 g/mol. The molecule has 5 rings (SSSR count). The van der Waals surface area contributed by atoms with Crippen LogP contribution in [0.15, 0.2) is 42.9 Å². The van der Waals surface area contributed by atoms with Gasteiger partial charge < -0.3 is 15.2 Å². The highest BCUT2D eigenvalue weighted by Crippen LogP contribution is 2.36. The number of hydrogen-bond donors (Lipinski definition) is 2. The number of benzene rings is 1. The van der Waals surface area contributed by atoms with Crippen LogP contribution in [0.4, 0.5) is 4.79 Å². The molecule has 1 aromatic heterocycles. The van der Waals surface area contributed by atoms with Crippen LogP contribution < -0.4 is 5.32 Å². The van der Waals surface area contributed by atoms with Gasteiger partial charge in [-0.2, -0.15) is 0 Å². The lowest BCUT2D eigenvalue weighted by molar-refractivity contribution is -0.135. The predicted octanol–water partition coefficient (Wildman–Crippen LogP) is 2.14. The SMILES string of the molecule is CC1(C2CCN(C(=O)C=Cc3cnc[nH]3)CC2)NC(=O)N(C2Cc3ccccc3C2)C1=O. The van der Waals surface area contributed by atoms with Gasteiger partial charge in [-0.3, -0.25) is 14.5 Å². The molecule has 0 saturated carbocycles. The Balaban J connectivity index is 1.22. The molecule has 32 heavy (non-hydrogen) atoms. The van der Waals surface area contributed by atoms with Gasteiger partial charge in [0, 0.05) is 25.2 Å². The standard InChI is InChI=1S/C24H27N5O3/c1-24(18-8-10-28(11-9-18)21(30)7-6-19-14-25-15-26-19)22(31)29(23(32)27-24)20-12-16-4-2-3-5-17(16)13-20/h2-7,14-15,18,20H,8-13H2,1H3,(H,25,26)(H,27,32). The Kier molecular flexibility index (Phi) is 5.07. The van der Waals surface area contributed by atoms with E-state index >= 15 is 0 Å². The topological polar surface area (TPSA) is 98.4 Å². The summed E-state index contributed by atoms with van der Waals surface area (Å²) in [6, 6.07) is 7.71. The van der Waals surface area contributed by atoms with Crippen molar-refractivity contribution in [3.63, 3.8) is 0 Å². The number of H-pyrrole nitrogens is 1. The quantitative estimate of drug-likeness (QED) is 0.570. The summed E-state index contributed by atoms with van der Waals surface area (Å²) >= 11 is 0. The number of likely N-dealkylation sites (tertiary alicyclic amines) is 1. The number of imidazole rings is 1. The summed E-state index contributed by atoms with van der Waals surface area (Å²) in [7, 11) is 0. The number of nitrogens with one attached hydrogen (secondary N) is 2. The molecule has 0 spiro atoms. The summed E-state index contributed by atoms with van der Waals surface area (Å²) in [4.78, 5) is 48.9. The molecular weight excluding hydrogens is 406 g/mol. The van der Waals surface area contributed by atoms with Crippen molar-refractivity contribution in [3.8, 4) is 0 Å². The van der Waals surface area contributed by atoms with Gasteiger partial charge in [0.15, 0.2) is 0 Å². The van der Waals surface area contributed by atoms with Crippen LogP contribution in [-0.2, 0) is 22.4 Å². The Morgan fingerprint density at radius 1 is 1.16 bits per heavy atom. The highest BCUT2D eigenvalue weighted by Gasteiger charge is 2.55. The van der Waals surface area contributed by atoms with Crippen molar-refractivity contribution in [3.05, 3.63) is 59.7 Å². The second kappa shape index (κ2) is 7.93. The van der Waals surface area contributed by atoms with E-state index in [2.05, 4.69) is 27.4 Å². The minimum Gasteiger partial charge on any atom is -0.345 e. The number of carbonyl (C=O) groups excluding carboxylic acids is 3. The maximum Gasteiger partial charge on any atom is 0.325 e. The van der Waals surface area contributed by atoms with Gasteiger partial charge in [-0.25, -0.2) is 9.78 Å². The molecule has 2 saturated heterocycles. The summed E-state index contributed by atoms with van der Waals surface area (Å²) in [5, 5.41) is 3.00. The normalized spacial score (nSPS) is 24.4. The molecule has 4 amide bonds. The van der Waals surface area contributed by atoms with Crippen LogP contribution in [0.3, 0.4) is 0 Å². The lowest BCUT2D eigenvalue weighted by atomic mass is 9.78. The number of hydrogen-bond acceptors (Lipinski definition) is 4. The molecular formula is C24H27N5O3. The second-order valence-electron chi connectivity index (χ2n) is 9.08. The molecule has 3 aliphatic rings. The lowest BCUT2D eigenvalue weighted by Crippen LogP contribution is -2.54.